The van der Waals surface area contributed by atoms with Crippen LogP contribution in [0.1, 0.15) is 5.56 Å². The van der Waals surface area contributed by atoms with E-state index in [1.807, 2.05) is 6.07 Å². The van der Waals surface area contributed by atoms with Gasteiger partial charge in [0.2, 0.25) is 0 Å². The highest BCUT2D eigenvalue weighted by atomic mass is 19.4. The smallest absolute Gasteiger partial charge is 0.416 e. The normalized spacial score (nSPS) is 12.5. The number of ether oxygens (including phenoxy) is 1. The quantitative estimate of drug-likeness (QED) is 0.498. The lowest BCUT2D eigenvalue weighted by Gasteiger charge is -2.26. The molecule has 4 rings (SSSR count). The maximum atomic E-state index is 12.9. The SMILES string of the molecule is COc1ccc2c3c(cnc2c1)-c1ccc(C(F)(F)F)cc1-3. The number of benzene rings is 2. The lowest BCUT2D eigenvalue weighted by atomic mass is 9.79. The zero-order valence-corrected chi connectivity index (χ0v) is 11.5. The van der Waals surface area contributed by atoms with Gasteiger partial charge in [0, 0.05) is 28.8 Å². The summed E-state index contributed by atoms with van der Waals surface area (Å²) in [6.07, 6.45) is -2.64. The number of rotatable bonds is 1. The third-order valence-corrected chi connectivity index (χ3v) is 3.98. The highest BCUT2D eigenvalue weighted by Gasteiger charge is 2.34. The van der Waals surface area contributed by atoms with Gasteiger partial charge in [0.1, 0.15) is 5.75 Å². The molecule has 110 valence electrons. The molecule has 0 amide bonds. The Morgan fingerprint density at radius 3 is 2.50 bits per heavy atom. The van der Waals surface area contributed by atoms with Crippen LogP contribution in [0.2, 0.25) is 0 Å². The molecule has 0 bridgehead atoms. The summed E-state index contributed by atoms with van der Waals surface area (Å²) in [5.74, 6) is 0.670. The fourth-order valence-corrected chi connectivity index (χ4v) is 2.89. The number of methoxy groups -OCH3 is 1. The number of aromatic nitrogens is 1. The number of pyridine rings is 1. The van der Waals surface area contributed by atoms with E-state index in [2.05, 4.69) is 4.98 Å². The van der Waals surface area contributed by atoms with Gasteiger partial charge in [0.15, 0.2) is 0 Å². The lowest BCUT2D eigenvalue weighted by molar-refractivity contribution is -0.137. The van der Waals surface area contributed by atoms with E-state index in [4.69, 9.17) is 4.74 Å². The van der Waals surface area contributed by atoms with Gasteiger partial charge in [0.05, 0.1) is 18.2 Å². The molecule has 3 aromatic rings. The average molecular weight is 301 g/mol. The fraction of sp³-hybridized carbons (Fsp3) is 0.118. The molecule has 1 heterocycles. The molecule has 22 heavy (non-hydrogen) atoms. The predicted octanol–water partition coefficient (Wildman–Crippen LogP) is 4.91. The summed E-state index contributed by atoms with van der Waals surface area (Å²) in [6.45, 7) is 0. The van der Waals surface area contributed by atoms with Gasteiger partial charge in [-0.2, -0.15) is 13.2 Å². The van der Waals surface area contributed by atoms with E-state index < -0.39 is 11.7 Å². The Kier molecular flexibility index (Phi) is 2.52. The van der Waals surface area contributed by atoms with E-state index in [-0.39, 0.29) is 0 Å². The van der Waals surface area contributed by atoms with Gasteiger partial charge in [-0.25, -0.2) is 0 Å². The number of nitrogens with zero attached hydrogens (tertiary/aromatic N) is 1. The molecule has 1 aliphatic rings. The maximum Gasteiger partial charge on any atom is 0.416 e. The largest absolute Gasteiger partial charge is 0.497 e. The van der Waals surface area contributed by atoms with Gasteiger partial charge in [-0.3, -0.25) is 4.98 Å². The topological polar surface area (TPSA) is 22.1 Å². The monoisotopic (exact) mass is 301 g/mol. The van der Waals surface area contributed by atoms with Gasteiger partial charge in [-0.1, -0.05) is 6.07 Å². The Bertz CT molecular complexity index is 916. The van der Waals surface area contributed by atoms with Crippen LogP contribution in [0.25, 0.3) is 33.2 Å². The average Bonchev–Trinajstić information content (AvgIpc) is 2.49. The van der Waals surface area contributed by atoms with Crippen LogP contribution in [-0.4, -0.2) is 12.1 Å². The molecule has 0 aliphatic heterocycles. The number of fused-ring (bicyclic) bond motifs is 6. The van der Waals surface area contributed by atoms with Crippen molar-refractivity contribution in [2.45, 2.75) is 6.18 Å². The first-order valence-electron chi connectivity index (χ1n) is 6.68. The van der Waals surface area contributed by atoms with Crippen molar-refractivity contribution in [2.75, 3.05) is 7.11 Å². The Hall–Kier alpha value is -2.56. The van der Waals surface area contributed by atoms with Crippen molar-refractivity contribution in [3.05, 3.63) is 48.2 Å². The number of hydrogen-bond donors (Lipinski definition) is 0. The van der Waals surface area contributed by atoms with Crippen LogP contribution in [0.4, 0.5) is 13.2 Å². The van der Waals surface area contributed by atoms with Crippen molar-refractivity contribution in [1.82, 2.24) is 4.98 Å². The summed E-state index contributed by atoms with van der Waals surface area (Å²) in [7, 11) is 1.56. The standard InChI is InChI=1S/C17H10F3NO/c1-22-10-3-5-12-15(7-10)21-8-14-11-4-2-9(17(18,19)20)6-13(11)16(12)14/h2-8H,1H3. The van der Waals surface area contributed by atoms with Crippen LogP contribution in [-0.2, 0) is 6.18 Å². The van der Waals surface area contributed by atoms with E-state index in [1.165, 1.54) is 12.1 Å². The number of alkyl halides is 3. The molecule has 0 saturated carbocycles. The van der Waals surface area contributed by atoms with Crippen LogP contribution in [0.15, 0.2) is 42.6 Å². The minimum absolute atomic E-state index is 0.627. The number of hydrogen-bond acceptors (Lipinski definition) is 2. The Balaban J connectivity index is 1.93. The third-order valence-electron chi connectivity index (χ3n) is 3.98. The van der Waals surface area contributed by atoms with Crippen molar-refractivity contribution in [2.24, 2.45) is 0 Å². The molecule has 0 atom stereocenters. The van der Waals surface area contributed by atoms with E-state index in [1.54, 1.807) is 25.4 Å². The van der Waals surface area contributed by atoms with Crippen LogP contribution >= 0.6 is 0 Å². The van der Waals surface area contributed by atoms with Gasteiger partial charge in [-0.15, -0.1) is 0 Å². The molecule has 2 aromatic carbocycles. The second-order valence-corrected chi connectivity index (χ2v) is 5.19. The summed E-state index contributed by atoms with van der Waals surface area (Å²) in [4.78, 5) is 4.37. The van der Waals surface area contributed by atoms with Crippen LogP contribution in [0.5, 0.6) is 5.75 Å². The molecule has 2 nitrogen and oxygen atoms in total. The Morgan fingerprint density at radius 2 is 1.77 bits per heavy atom. The van der Waals surface area contributed by atoms with Crippen molar-refractivity contribution in [1.29, 1.82) is 0 Å². The van der Waals surface area contributed by atoms with Crippen LogP contribution in [0.3, 0.4) is 0 Å². The summed E-state index contributed by atoms with van der Waals surface area (Å²) in [5, 5.41) is 0.838. The summed E-state index contributed by atoms with van der Waals surface area (Å²) < 4.78 is 43.8. The Labute approximate surface area is 124 Å². The second-order valence-electron chi connectivity index (χ2n) is 5.19. The molecule has 0 unspecified atom stereocenters. The molecule has 0 saturated heterocycles. The third kappa shape index (κ3) is 1.71. The molecule has 1 aliphatic carbocycles. The minimum atomic E-state index is -4.34. The van der Waals surface area contributed by atoms with E-state index >= 15 is 0 Å². The molecule has 0 fully saturated rings. The Morgan fingerprint density at radius 1 is 0.955 bits per heavy atom. The molecule has 0 spiro atoms. The summed E-state index contributed by atoms with van der Waals surface area (Å²) >= 11 is 0. The zero-order chi connectivity index (χ0) is 15.5. The van der Waals surface area contributed by atoms with Gasteiger partial charge < -0.3 is 4.74 Å². The maximum absolute atomic E-state index is 12.9. The zero-order valence-electron chi connectivity index (χ0n) is 11.5. The van der Waals surface area contributed by atoms with Gasteiger partial charge in [0.25, 0.3) is 0 Å². The van der Waals surface area contributed by atoms with E-state index in [0.29, 0.717) is 16.8 Å². The first-order valence-corrected chi connectivity index (χ1v) is 6.68. The first kappa shape index (κ1) is 13.1. The predicted molar refractivity (Wildman–Crippen MR) is 77.7 cm³/mol. The van der Waals surface area contributed by atoms with Gasteiger partial charge >= 0.3 is 6.18 Å². The van der Waals surface area contributed by atoms with Crippen molar-refractivity contribution in [3.8, 4) is 28.0 Å². The molecule has 0 radical (unpaired) electrons. The summed E-state index contributed by atoms with van der Waals surface area (Å²) in [5.41, 5.74) is 3.24. The fourth-order valence-electron chi connectivity index (χ4n) is 2.89. The van der Waals surface area contributed by atoms with Gasteiger partial charge in [-0.05, 0) is 35.4 Å². The molecular formula is C17H10F3NO. The first-order chi connectivity index (χ1) is 10.5. The number of halogens is 3. The van der Waals surface area contributed by atoms with Crippen LogP contribution < -0.4 is 4.74 Å². The lowest BCUT2D eigenvalue weighted by Crippen LogP contribution is -2.08. The molecular weight excluding hydrogens is 291 g/mol. The highest BCUT2D eigenvalue weighted by Crippen LogP contribution is 2.51. The second kappa shape index (κ2) is 4.22. The highest BCUT2D eigenvalue weighted by molar-refractivity contribution is 6.13. The van der Waals surface area contributed by atoms with Crippen molar-refractivity contribution < 1.29 is 17.9 Å². The summed E-state index contributed by atoms with van der Waals surface area (Å²) in [6, 6.07) is 9.24. The van der Waals surface area contributed by atoms with Crippen LogP contribution in [0, 0.1) is 0 Å². The van der Waals surface area contributed by atoms with Crippen molar-refractivity contribution >= 4 is 10.9 Å². The van der Waals surface area contributed by atoms with E-state index in [9.17, 15) is 13.2 Å². The molecule has 1 aromatic heterocycles. The van der Waals surface area contributed by atoms with E-state index in [0.717, 1.165) is 28.1 Å². The molecule has 0 N–H and O–H groups in total. The van der Waals surface area contributed by atoms with Crippen molar-refractivity contribution in [3.63, 3.8) is 0 Å². The minimum Gasteiger partial charge on any atom is -0.497 e. The molecule has 5 heteroatoms.